The largest absolute Gasteiger partial charge is 0.496 e. The van der Waals surface area contributed by atoms with Crippen LogP contribution in [0, 0.1) is 0 Å². The highest BCUT2D eigenvalue weighted by molar-refractivity contribution is 6.31. The van der Waals surface area contributed by atoms with E-state index in [0.29, 0.717) is 0 Å². The van der Waals surface area contributed by atoms with E-state index >= 15 is 0 Å². The molecule has 1 aromatic rings. The Balaban J connectivity index is 1.81. The molecule has 0 fully saturated rings. The van der Waals surface area contributed by atoms with Crippen LogP contribution >= 0.6 is 11.6 Å². The maximum absolute atomic E-state index is 6.20. The van der Waals surface area contributed by atoms with Crippen molar-refractivity contribution in [3.8, 4) is 5.75 Å². The molecule has 3 heteroatoms. The summed E-state index contributed by atoms with van der Waals surface area (Å²) in [7, 11) is 1.68. The normalized spacial score (nSPS) is 15.2. The lowest BCUT2D eigenvalue weighted by Gasteiger charge is -2.14. The molecule has 0 aromatic heterocycles. The SMILES string of the molecule is COc1cccc(Cl)c1CNCCC1=CCCCC1. The minimum Gasteiger partial charge on any atom is -0.496 e. The second-order valence-electron chi connectivity index (χ2n) is 4.96. The third-order valence-corrected chi connectivity index (χ3v) is 3.96. The zero-order valence-electron chi connectivity index (χ0n) is 11.5. The lowest BCUT2D eigenvalue weighted by atomic mass is 9.97. The standard InChI is InChI=1S/C16H22ClNO/c1-19-16-9-5-8-15(17)14(16)12-18-11-10-13-6-3-2-4-7-13/h5-6,8-9,18H,2-4,7,10-12H2,1H3. The van der Waals surface area contributed by atoms with Crippen LogP contribution in [0.2, 0.25) is 5.02 Å². The summed E-state index contributed by atoms with van der Waals surface area (Å²) in [5.74, 6) is 0.858. The average Bonchev–Trinajstić information content (AvgIpc) is 2.46. The van der Waals surface area contributed by atoms with Crippen molar-refractivity contribution in [1.82, 2.24) is 5.32 Å². The van der Waals surface area contributed by atoms with Crippen molar-refractivity contribution in [3.05, 3.63) is 40.4 Å². The first-order valence-corrected chi connectivity index (χ1v) is 7.39. The molecule has 19 heavy (non-hydrogen) atoms. The van der Waals surface area contributed by atoms with E-state index in [1.165, 1.54) is 25.7 Å². The van der Waals surface area contributed by atoms with Crippen molar-refractivity contribution in [2.75, 3.05) is 13.7 Å². The molecule has 2 rings (SSSR count). The van der Waals surface area contributed by atoms with Gasteiger partial charge in [0, 0.05) is 17.1 Å². The molecule has 0 saturated carbocycles. The predicted molar refractivity (Wildman–Crippen MR) is 80.9 cm³/mol. The van der Waals surface area contributed by atoms with E-state index < -0.39 is 0 Å². The van der Waals surface area contributed by atoms with E-state index in [9.17, 15) is 0 Å². The monoisotopic (exact) mass is 279 g/mol. The number of benzene rings is 1. The number of hydrogen-bond acceptors (Lipinski definition) is 2. The van der Waals surface area contributed by atoms with E-state index in [0.717, 1.165) is 35.8 Å². The Kier molecular flexibility index (Phi) is 5.74. The summed E-state index contributed by atoms with van der Waals surface area (Å²) in [5, 5.41) is 4.23. The molecule has 1 N–H and O–H groups in total. The minimum absolute atomic E-state index is 0.760. The van der Waals surface area contributed by atoms with Gasteiger partial charge in [0.25, 0.3) is 0 Å². The molecule has 2 nitrogen and oxygen atoms in total. The summed E-state index contributed by atoms with van der Waals surface area (Å²) in [4.78, 5) is 0. The third kappa shape index (κ3) is 4.26. The quantitative estimate of drug-likeness (QED) is 0.618. The summed E-state index contributed by atoms with van der Waals surface area (Å²) in [6.07, 6.45) is 8.79. The molecule has 0 bridgehead atoms. The van der Waals surface area contributed by atoms with Crippen LogP contribution in [0.5, 0.6) is 5.75 Å². The number of allylic oxidation sites excluding steroid dienone is 1. The number of halogens is 1. The third-order valence-electron chi connectivity index (χ3n) is 3.61. The van der Waals surface area contributed by atoms with Gasteiger partial charge in [0.1, 0.15) is 5.75 Å². The zero-order valence-corrected chi connectivity index (χ0v) is 12.3. The van der Waals surface area contributed by atoms with Crippen molar-refractivity contribution >= 4 is 11.6 Å². The maximum atomic E-state index is 6.20. The molecule has 0 aliphatic heterocycles. The van der Waals surface area contributed by atoms with Crippen LogP contribution in [0.3, 0.4) is 0 Å². The van der Waals surface area contributed by atoms with Crippen molar-refractivity contribution < 1.29 is 4.74 Å². The lowest BCUT2D eigenvalue weighted by molar-refractivity contribution is 0.408. The summed E-state index contributed by atoms with van der Waals surface area (Å²) in [5.41, 5.74) is 2.65. The molecule has 1 aliphatic carbocycles. The van der Waals surface area contributed by atoms with Gasteiger partial charge in [-0.25, -0.2) is 0 Å². The summed E-state index contributed by atoms with van der Waals surface area (Å²) < 4.78 is 5.34. The number of ether oxygens (including phenoxy) is 1. The average molecular weight is 280 g/mol. The molecule has 1 aliphatic rings. The van der Waals surface area contributed by atoms with Crippen molar-refractivity contribution in [2.45, 2.75) is 38.6 Å². The molecule has 0 heterocycles. The molecular formula is C16H22ClNO. The van der Waals surface area contributed by atoms with Gasteiger partial charge in [0.15, 0.2) is 0 Å². The fraction of sp³-hybridized carbons (Fsp3) is 0.500. The van der Waals surface area contributed by atoms with Crippen LogP contribution in [0.4, 0.5) is 0 Å². The molecule has 0 saturated heterocycles. The van der Waals surface area contributed by atoms with Crippen LogP contribution < -0.4 is 10.1 Å². The van der Waals surface area contributed by atoms with E-state index in [1.54, 1.807) is 12.7 Å². The Morgan fingerprint density at radius 2 is 2.21 bits per heavy atom. The van der Waals surface area contributed by atoms with Crippen molar-refractivity contribution in [1.29, 1.82) is 0 Å². The van der Waals surface area contributed by atoms with E-state index in [-0.39, 0.29) is 0 Å². The maximum Gasteiger partial charge on any atom is 0.124 e. The van der Waals surface area contributed by atoms with E-state index in [1.807, 2.05) is 18.2 Å². The van der Waals surface area contributed by atoms with Crippen LogP contribution in [0.15, 0.2) is 29.8 Å². The van der Waals surface area contributed by atoms with Gasteiger partial charge >= 0.3 is 0 Å². The summed E-state index contributed by atoms with van der Waals surface area (Å²) >= 11 is 6.20. The first kappa shape index (κ1) is 14.4. The minimum atomic E-state index is 0.760. The lowest BCUT2D eigenvalue weighted by Crippen LogP contribution is -2.16. The molecule has 0 atom stereocenters. The molecule has 0 unspecified atom stereocenters. The van der Waals surface area contributed by atoms with Crippen LogP contribution in [0.1, 0.15) is 37.7 Å². The predicted octanol–water partition coefficient (Wildman–Crippen LogP) is 4.33. The van der Waals surface area contributed by atoms with Gasteiger partial charge in [-0.15, -0.1) is 0 Å². The fourth-order valence-corrected chi connectivity index (χ4v) is 2.73. The summed E-state index contributed by atoms with van der Waals surface area (Å²) in [6, 6.07) is 5.77. The number of methoxy groups -OCH3 is 1. The molecule has 0 spiro atoms. The van der Waals surface area contributed by atoms with Gasteiger partial charge in [0.05, 0.1) is 7.11 Å². The van der Waals surface area contributed by atoms with Crippen LogP contribution in [0.25, 0.3) is 0 Å². The van der Waals surface area contributed by atoms with Gasteiger partial charge in [-0.1, -0.05) is 29.3 Å². The van der Waals surface area contributed by atoms with Gasteiger partial charge < -0.3 is 10.1 Å². The van der Waals surface area contributed by atoms with Gasteiger partial charge in [-0.2, -0.15) is 0 Å². The molecule has 1 aromatic carbocycles. The second kappa shape index (κ2) is 7.56. The highest BCUT2D eigenvalue weighted by Crippen LogP contribution is 2.26. The Hall–Kier alpha value is -0.990. The highest BCUT2D eigenvalue weighted by atomic mass is 35.5. The Morgan fingerprint density at radius 3 is 2.95 bits per heavy atom. The number of nitrogens with one attached hydrogen (secondary N) is 1. The van der Waals surface area contributed by atoms with Crippen LogP contribution in [-0.2, 0) is 6.54 Å². The van der Waals surface area contributed by atoms with Crippen LogP contribution in [-0.4, -0.2) is 13.7 Å². The first-order chi connectivity index (χ1) is 9.31. The Labute approximate surface area is 120 Å². The number of rotatable bonds is 6. The Morgan fingerprint density at radius 1 is 1.32 bits per heavy atom. The van der Waals surface area contributed by atoms with Crippen molar-refractivity contribution in [2.24, 2.45) is 0 Å². The smallest absolute Gasteiger partial charge is 0.124 e. The topological polar surface area (TPSA) is 21.3 Å². The zero-order chi connectivity index (χ0) is 13.5. The molecule has 0 radical (unpaired) electrons. The summed E-state index contributed by atoms with van der Waals surface area (Å²) in [6.45, 7) is 1.76. The fourth-order valence-electron chi connectivity index (χ4n) is 2.50. The molecule has 0 amide bonds. The van der Waals surface area contributed by atoms with E-state index in [2.05, 4.69) is 11.4 Å². The Bertz CT molecular complexity index is 442. The van der Waals surface area contributed by atoms with E-state index in [4.69, 9.17) is 16.3 Å². The second-order valence-corrected chi connectivity index (χ2v) is 5.36. The first-order valence-electron chi connectivity index (χ1n) is 7.01. The van der Waals surface area contributed by atoms with Crippen molar-refractivity contribution in [3.63, 3.8) is 0 Å². The highest BCUT2D eigenvalue weighted by Gasteiger charge is 2.07. The van der Waals surface area contributed by atoms with Gasteiger partial charge in [0.2, 0.25) is 0 Å². The van der Waals surface area contributed by atoms with Gasteiger partial charge in [-0.05, 0) is 50.8 Å². The number of hydrogen-bond donors (Lipinski definition) is 1. The molecule has 104 valence electrons. The van der Waals surface area contributed by atoms with Gasteiger partial charge in [-0.3, -0.25) is 0 Å². The molecular weight excluding hydrogens is 258 g/mol.